The van der Waals surface area contributed by atoms with E-state index in [4.69, 9.17) is 16.3 Å². The molecule has 51 heavy (non-hydrogen) atoms. The van der Waals surface area contributed by atoms with Gasteiger partial charge in [0.2, 0.25) is 0 Å². The number of aromatic nitrogens is 3. The predicted octanol–water partition coefficient (Wildman–Crippen LogP) is 7.79. The fraction of sp³-hybridized carbons (Fsp3) is 0.425. The average molecular weight is 713 g/mol. The zero-order valence-corrected chi connectivity index (χ0v) is 31.5. The van der Waals surface area contributed by atoms with Gasteiger partial charge in [-0.05, 0) is 70.5 Å². The van der Waals surface area contributed by atoms with E-state index in [2.05, 4.69) is 58.3 Å². The maximum Gasteiger partial charge on any atom is 0.410 e. The number of carboxylic acids is 1. The summed E-state index contributed by atoms with van der Waals surface area (Å²) >= 11 is 7.04. The smallest absolute Gasteiger partial charge is 0.410 e. The first kappa shape index (κ1) is 36.3. The summed E-state index contributed by atoms with van der Waals surface area (Å²) in [6.45, 7) is 13.9. The molecule has 1 aliphatic heterocycles. The lowest BCUT2D eigenvalue weighted by molar-refractivity contribution is 0.0142. The molecular formula is C40H49ClN6O4. The molecule has 1 aliphatic rings. The van der Waals surface area contributed by atoms with Crippen LogP contribution in [-0.4, -0.2) is 93.2 Å². The Balaban J connectivity index is 1.33. The summed E-state index contributed by atoms with van der Waals surface area (Å²) in [7, 11) is 4.01. The maximum atomic E-state index is 13.3. The van der Waals surface area contributed by atoms with Crippen molar-refractivity contribution in [1.82, 2.24) is 24.1 Å². The maximum absolute atomic E-state index is 13.3. The van der Waals surface area contributed by atoms with Crippen molar-refractivity contribution in [2.45, 2.75) is 59.6 Å². The first-order chi connectivity index (χ1) is 24.2. The largest absolute Gasteiger partial charge is 0.477 e. The molecule has 0 unspecified atom stereocenters. The lowest BCUT2D eigenvalue weighted by atomic mass is 9.98. The Labute approximate surface area is 305 Å². The summed E-state index contributed by atoms with van der Waals surface area (Å²) in [5, 5.41) is 19.4. The molecule has 1 amide bonds. The first-order valence-electron chi connectivity index (χ1n) is 17.7. The minimum absolute atomic E-state index is 0.299. The Morgan fingerprint density at radius 3 is 2.31 bits per heavy atom. The monoisotopic (exact) mass is 712 g/mol. The second kappa shape index (κ2) is 14.6. The molecule has 0 radical (unpaired) electrons. The van der Waals surface area contributed by atoms with Crippen molar-refractivity contribution in [3.05, 3.63) is 82.3 Å². The number of hydrogen-bond donors (Lipinski definition) is 1. The standard InChI is InChI=1S/C40H49ClN6O4/c1-26-34(27(2)44(7)42-26)35-32(41)18-17-31-30(15-11-19-43(6)33-16-10-13-28-12-8-9-14-29(28)33)37(38(48)49)47(36(31)35)25-22-45-20-23-46(24-21-45)39(50)51-40(3,4)5/h8-10,12-14,16-18H,11,15,19-25H2,1-7H3,(H,48,49). The summed E-state index contributed by atoms with van der Waals surface area (Å²) in [5.41, 5.74) is 6.08. The number of hydrogen-bond acceptors (Lipinski definition) is 6. The predicted molar refractivity (Wildman–Crippen MR) is 205 cm³/mol. The van der Waals surface area contributed by atoms with Crippen molar-refractivity contribution >= 4 is 51.0 Å². The number of carbonyl (C=O) groups excluding carboxylic acids is 1. The van der Waals surface area contributed by atoms with Gasteiger partial charge in [-0.25, -0.2) is 9.59 Å². The van der Waals surface area contributed by atoms with Crippen LogP contribution in [0.25, 0.3) is 32.8 Å². The van der Waals surface area contributed by atoms with Crippen LogP contribution in [0.4, 0.5) is 10.5 Å². The number of anilines is 1. The molecule has 11 heteroatoms. The number of nitrogens with zero attached hydrogens (tertiary/aromatic N) is 6. The van der Waals surface area contributed by atoms with Crippen molar-refractivity contribution in [2.24, 2.45) is 7.05 Å². The molecule has 0 spiro atoms. The van der Waals surface area contributed by atoms with Crippen LogP contribution in [0, 0.1) is 13.8 Å². The lowest BCUT2D eigenvalue weighted by Crippen LogP contribution is -2.50. The molecule has 1 saturated heterocycles. The number of halogens is 1. The van der Waals surface area contributed by atoms with Crippen molar-refractivity contribution in [1.29, 1.82) is 0 Å². The molecule has 0 atom stereocenters. The van der Waals surface area contributed by atoms with Crippen molar-refractivity contribution in [3.8, 4) is 11.1 Å². The third-order valence-electron chi connectivity index (χ3n) is 10.0. The highest BCUT2D eigenvalue weighted by Crippen LogP contribution is 2.42. The van der Waals surface area contributed by atoms with E-state index in [1.54, 1.807) is 4.90 Å². The van der Waals surface area contributed by atoms with Crippen LogP contribution in [0.1, 0.15) is 54.6 Å². The van der Waals surface area contributed by atoms with Gasteiger partial charge in [-0.1, -0.05) is 54.1 Å². The van der Waals surface area contributed by atoms with Gasteiger partial charge in [-0.3, -0.25) is 9.58 Å². The van der Waals surface area contributed by atoms with E-state index in [1.165, 1.54) is 10.8 Å². The summed E-state index contributed by atoms with van der Waals surface area (Å²) in [6.07, 6.45) is 1.04. The number of benzene rings is 3. The topological polar surface area (TPSA) is 96.1 Å². The molecule has 6 rings (SSSR count). The van der Waals surface area contributed by atoms with Crippen LogP contribution in [-0.2, 0) is 24.8 Å². The molecule has 270 valence electrons. The normalized spacial score (nSPS) is 14.1. The quantitative estimate of drug-likeness (QED) is 0.158. The molecule has 5 aromatic rings. The fourth-order valence-corrected chi connectivity index (χ4v) is 7.71. The Morgan fingerprint density at radius 1 is 0.941 bits per heavy atom. The zero-order chi connectivity index (χ0) is 36.6. The summed E-state index contributed by atoms with van der Waals surface area (Å²) in [6, 6.07) is 18.6. The second-order valence-corrected chi connectivity index (χ2v) is 15.0. The van der Waals surface area contributed by atoms with Crippen LogP contribution < -0.4 is 4.90 Å². The Hall–Kier alpha value is -4.54. The van der Waals surface area contributed by atoms with Gasteiger partial charge in [0.25, 0.3) is 0 Å². The zero-order valence-electron chi connectivity index (χ0n) is 30.8. The van der Waals surface area contributed by atoms with Gasteiger partial charge in [-0.2, -0.15) is 5.10 Å². The van der Waals surface area contributed by atoms with E-state index in [-0.39, 0.29) is 6.09 Å². The Kier molecular flexibility index (Phi) is 10.4. The second-order valence-electron chi connectivity index (χ2n) is 14.6. The number of aromatic carboxylic acids is 1. The molecule has 3 heterocycles. The van der Waals surface area contributed by atoms with Gasteiger partial charge in [0.1, 0.15) is 11.3 Å². The van der Waals surface area contributed by atoms with E-state index in [0.29, 0.717) is 56.4 Å². The highest BCUT2D eigenvalue weighted by molar-refractivity contribution is 6.35. The van der Waals surface area contributed by atoms with E-state index in [1.807, 2.05) is 69.1 Å². The third kappa shape index (κ3) is 7.44. The van der Waals surface area contributed by atoms with Gasteiger partial charge in [0.15, 0.2) is 0 Å². The van der Waals surface area contributed by atoms with Crippen LogP contribution in [0.15, 0.2) is 54.6 Å². The minimum atomic E-state index is -0.958. The number of amides is 1. The SMILES string of the molecule is Cc1nn(C)c(C)c1-c1c(Cl)ccc2c(CCCN(C)c3cccc4ccccc34)c(C(=O)O)n(CCN3CCN(C(=O)OC(C)(C)C)CC3)c12. The summed E-state index contributed by atoms with van der Waals surface area (Å²) in [5.74, 6) is -0.958. The minimum Gasteiger partial charge on any atom is -0.477 e. The number of fused-ring (bicyclic) bond motifs is 2. The van der Waals surface area contributed by atoms with Crippen LogP contribution in [0.2, 0.25) is 5.02 Å². The molecule has 3 aromatic carbocycles. The van der Waals surface area contributed by atoms with Gasteiger partial charge in [-0.15, -0.1) is 0 Å². The molecular weight excluding hydrogens is 664 g/mol. The van der Waals surface area contributed by atoms with Gasteiger partial charge >= 0.3 is 12.1 Å². The van der Waals surface area contributed by atoms with Crippen molar-refractivity contribution in [2.75, 3.05) is 51.2 Å². The average Bonchev–Trinajstić information content (AvgIpc) is 3.53. The van der Waals surface area contributed by atoms with E-state index in [9.17, 15) is 14.7 Å². The van der Waals surface area contributed by atoms with Crippen molar-refractivity contribution < 1.29 is 19.4 Å². The summed E-state index contributed by atoms with van der Waals surface area (Å²) in [4.78, 5) is 32.2. The van der Waals surface area contributed by atoms with Gasteiger partial charge in [0, 0.05) is 93.2 Å². The number of carboxylic acid groups (broad SMARTS) is 1. The number of piperazine rings is 1. The van der Waals surface area contributed by atoms with Crippen LogP contribution in [0.5, 0.6) is 0 Å². The molecule has 2 aromatic heterocycles. The third-order valence-corrected chi connectivity index (χ3v) is 10.3. The van der Waals surface area contributed by atoms with Crippen LogP contribution in [0.3, 0.4) is 0 Å². The van der Waals surface area contributed by atoms with Gasteiger partial charge < -0.3 is 24.2 Å². The van der Waals surface area contributed by atoms with E-state index < -0.39 is 11.6 Å². The van der Waals surface area contributed by atoms with E-state index in [0.717, 1.165) is 57.6 Å². The molecule has 1 fully saturated rings. The van der Waals surface area contributed by atoms with Crippen molar-refractivity contribution in [3.63, 3.8) is 0 Å². The number of carbonyl (C=O) groups is 2. The summed E-state index contributed by atoms with van der Waals surface area (Å²) < 4.78 is 9.40. The highest BCUT2D eigenvalue weighted by Gasteiger charge is 2.30. The highest BCUT2D eigenvalue weighted by atomic mass is 35.5. The van der Waals surface area contributed by atoms with Crippen LogP contribution >= 0.6 is 11.6 Å². The van der Waals surface area contributed by atoms with E-state index >= 15 is 0 Å². The number of aryl methyl sites for hydroxylation is 3. The Bertz CT molecular complexity index is 2080. The lowest BCUT2D eigenvalue weighted by Gasteiger charge is -2.35. The Morgan fingerprint density at radius 2 is 1.65 bits per heavy atom. The number of ether oxygens (including phenoxy) is 1. The van der Waals surface area contributed by atoms with Gasteiger partial charge in [0.05, 0.1) is 16.2 Å². The number of rotatable bonds is 10. The molecule has 0 saturated carbocycles. The molecule has 0 bridgehead atoms. The first-order valence-corrected chi connectivity index (χ1v) is 18.1. The molecule has 10 nitrogen and oxygen atoms in total. The molecule has 0 aliphatic carbocycles. The fourth-order valence-electron chi connectivity index (χ4n) is 7.46. The molecule has 1 N–H and O–H groups in total.